The van der Waals surface area contributed by atoms with Crippen LogP contribution in [0.2, 0.25) is 0 Å². The highest BCUT2D eigenvalue weighted by Crippen LogP contribution is 2.21. The molecule has 3 heteroatoms. The molecule has 3 nitrogen and oxygen atoms in total. The van der Waals surface area contributed by atoms with Gasteiger partial charge in [-0.3, -0.25) is 4.79 Å². The molecule has 0 unspecified atom stereocenters. The Bertz CT molecular complexity index is 266. The molecule has 0 spiro atoms. The third-order valence-corrected chi connectivity index (χ3v) is 2.03. The van der Waals surface area contributed by atoms with Crippen molar-refractivity contribution in [2.75, 3.05) is 13.2 Å². The summed E-state index contributed by atoms with van der Waals surface area (Å²) in [5.41, 5.74) is 0.707. The lowest BCUT2D eigenvalue weighted by molar-refractivity contribution is -0.117. The van der Waals surface area contributed by atoms with Crippen molar-refractivity contribution in [1.29, 1.82) is 0 Å². The summed E-state index contributed by atoms with van der Waals surface area (Å²) in [5, 5.41) is 2.77. The zero-order chi connectivity index (χ0) is 8.39. The van der Waals surface area contributed by atoms with Crippen molar-refractivity contribution in [3.63, 3.8) is 0 Å². The normalized spacial score (nSPS) is 22.5. The Hall–Kier alpha value is -1.25. The van der Waals surface area contributed by atoms with E-state index in [2.05, 4.69) is 5.32 Å². The van der Waals surface area contributed by atoms with Gasteiger partial charge >= 0.3 is 0 Å². The molecule has 0 aromatic rings. The van der Waals surface area contributed by atoms with Crippen LogP contribution in [-0.4, -0.2) is 19.1 Å². The Kier molecular flexibility index (Phi) is 1.86. The number of hydrogen-bond donors (Lipinski definition) is 1. The number of ether oxygens (including phenoxy) is 1. The van der Waals surface area contributed by atoms with Crippen molar-refractivity contribution in [3.8, 4) is 0 Å². The van der Waals surface area contributed by atoms with Crippen molar-refractivity contribution in [1.82, 2.24) is 5.32 Å². The lowest BCUT2D eigenvalue weighted by atomic mass is 10.0. The van der Waals surface area contributed by atoms with E-state index in [-0.39, 0.29) is 5.91 Å². The Morgan fingerprint density at radius 2 is 2.42 bits per heavy atom. The second-order valence-corrected chi connectivity index (χ2v) is 2.88. The molecular formula is C9H11NO2. The van der Waals surface area contributed by atoms with Gasteiger partial charge in [-0.2, -0.15) is 0 Å². The van der Waals surface area contributed by atoms with Crippen molar-refractivity contribution in [2.24, 2.45) is 0 Å². The fraction of sp³-hybridized carbons (Fsp3) is 0.444. The molecule has 0 aromatic heterocycles. The first-order valence-electron chi connectivity index (χ1n) is 4.18. The van der Waals surface area contributed by atoms with Crippen LogP contribution in [0.15, 0.2) is 23.5 Å². The molecule has 1 heterocycles. The third-order valence-electron chi connectivity index (χ3n) is 2.03. The average molecular weight is 165 g/mol. The summed E-state index contributed by atoms with van der Waals surface area (Å²) < 4.78 is 5.42. The number of amides is 1. The van der Waals surface area contributed by atoms with Crippen LogP contribution in [0.3, 0.4) is 0 Å². The van der Waals surface area contributed by atoms with E-state index in [0.717, 1.165) is 18.6 Å². The quantitative estimate of drug-likeness (QED) is 0.575. The van der Waals surface area contributed by atoms with Gasteiger partial charge in [0, 0.05) is 6.42 Å². The Labute approximate surface area is 71.1 Å². The number of hydrogen-bond acceptors (Lipinski definition) is 2. The molecular weight excluding hydrogens is 154 g/mol. The fourth-order valence-electron chi connectivity index (χ4n) is 1.43. The van der Waals surface area contributed by atoms with E-state index in [1.165, 1.54) is 0 Å². The SMILES string of the molecule is O=C1NCCOC2=C1C=CCC2. The van der Waals surface area contributed by atoms with Crippen molar-refractivity contribution in [2.45, 2.75) is 12.8 Å². The summed E-state index contributed by atoms with van der Waals surface area (Å²) in [6, 6.07) is 0. The van der Waals surface area contributed by atoms with E-state index in [1.54, 1.807) is 0 Å². The second-order valence-electron chi connectivity index (χ2n) is 2.88. The average Bonchev–Trinajstić information content (AvgIpc) is 2.29. The predicted octanol–water partition coefficient (Wildman–Crippen LogP) is 0.737. The topological polar surface area (TPSA) is 38.3 Å². The highest BCUT2D eigenvalue weighted by molar-refractivity contribution is 5.97. The molecule has 1 aliphatic heterocycles. The Morgan fingerprint density at radius 1 is 1.50 bits per heavy atom. The molecule has 0 bridgehead atoms. The summed E-state index contributed by atoms with van der Waals surface area (Å²) in [6.07, 6.45) is 5.69. The zero-order valence-corrected chi connectivity index (χ0v) is 6.80. The Morgan fingerprint density at radius 3 is 3.33 bits per heavy atom. The molecule has 0 radical (unpaired) electrons. The zero-order valence-electron chi connectivity index (χ0n) is 6.80. The minimum atomic E-state index is -0.00144. The van der Waals surface area contributed by atoms with Crippen LogP contribution in [0.4, 0.5) is 0 Å². The van der Waals surface area contributed by atoms with Crippen LogP contribution >= 0.6 is 0 Å². The summed E-state index contributed by atoms with van der Waals surface area (Å²) in [5.74, 6) is 0.853. The predicted molar refractivity (Wildman–Crippen MR) is 44.4 cm³/mol. The van der Waals surface area contributed by atoms with Gasteiger partial charge in [-0.05, 0) is 6.42 Å². The smallest absolute Gasteiger partial charge is 0.254 e. The molecule has 2 rings (SSSR count). The van der Waals surface area contributed by atoms with E-state index >= 15 is 0 Å². The summed E-state index contributed by atoms with van der Waals surface area (Å²) in [7, 11) is 0. The van der Waals surface area contributed by atoms with Crippen LogP contribution in [0.25, 0.3) is 0 Å². The molecule has 0 saturated heterocycles. The van der Waals surface area contributed by atoms with E-state index < -0.39 is 0 Å². The lowest BCUT2D eigenvalue weighted by Gasteiger charge is -2.11. The fourth-order valence-corrected chi connectivity index (χ4v) is 1.43. The maximum absolute atomic E-state index is 11.3. The van der Waals surface area contributed by atoms with Gasteiger partial charge in [0.25, 0.3) is 5.91 Å². The summed E-state index contributed by atoms with van der Waals surface area (Å²) in [4.78, 5) is 11.3. The highest BCUT2D eigenvalue weighted by Gasteiger charge is 2.18. The third kappa shape index (κ3) is 1.22. The van der Waals surface area contributed by atoms with Crippen LogP contribution in [0.1, 0.15) is 12.8 Å². The number of carbonyl (C=O) groups is 1. The van der Waals surface area contributed by atoms with E-state index in [0.29, 0.717) is 18.7 Å². The number of rotatable bonds is 0. The molecule has 12 heavy (non-hydrogen) atoms. The Balaban J connectivity index is 2.31. The molecule has 0 aromatic carbocycles. The van der Waals surface area contributed by atoms with Crippen molar-refractivity contribution in [3.05, 3.63) is 23.5 Å². The lowest BCUT2D eigenvalue weighted by Crippen LogP contribution is -2.25. The van der Waals surface area contributed by atoms with Gasteiger partial charge in [0.2, 0.25) is 0 Å². The van der Waals surface area contributed by atoms with Crippen LogP contribution in [0, 0.1) is 0 Å². The molecule has 2 aliphatic rings. The minimum absolute atomic E-state index is 0.00144. The van der Waals surface area contributed by atoms with E-state index in [1.807, 2.05) is 12.2 Å². The van der Waals surface area contributed by atoms with Crippen LogP contribution < -0.4 is 5.32 Å². The second kappa shape index (κ2) is 3.01. The maximum Gasteiger partial charge on any atom is 0.254 e. The number of nitrogens with one attached hydrogen (secondary N) is 1. The number of allylic oxidation sites excluding steroid dienone is 2. The largest absolute Gasteiger partial charge is 0.495 e. The number of carbonyl (C=O) groups excluding carboxylic acids is 1. The molecule has 1 amide bonds. The van der Waals surface area contributed by atoms with Gasteiger partial charge in [0.15, 0.2) is 0 Å². The first-order chi connectivity index (χ1) is 5.88. The molecule has 1 N–H and O–H groups in total. The summed E-state index contributed by atoms with van der Waals surface area (Å²) in [6.45, 7) is 1.21. The van der Waals surface area contributed by atoms with Crippen LogP contribution in [0.5, 0.6) is 0 Å². The van der Waals surface area contributed by atoms with Gasteiger partial charge < -0.3 is 10.1 Å². The summed E-state index contributed by atoms with van der Waals surface area (Å²) >= 11 is 0. The van der Waals surface area contributed by atoms with Crippen LogP contribution in [-0.2, 0) is 9.53 Å². The van der Waals surface area contributed by atoms with Gasteiger partial charge in [0.1, 0.15) is 12.4 Å². The molecule has 1 aliphatic carbocycles. The minimum Gasteiger partial charge on any atom is -0.495 e. The highest BCUT2D eigenvalue weighted by atomic mass is 16.5. The molecule has 0 atom stereocenters. The van der Waals surface area contributed by atoms with Gasteiger partial charge in [-0.15, -0.1) is 0 Å². The molecule has 0 saturated carbocycles. The standard InChI is InChI=1S/C9H11NO2/c11-9-7-3-1-2-4-8(7)12-6-5-10-9/h1,3H,2,4-6H2,(H,10,11). The molecule has 0 fully saturated rings. The van der Waals surface area contributed by atoms with Crippen molar-refractivity contribution < 1.29 is 9.53 Å². The van der Waals surface area contributed by atoms with E-state index in [9.17, 15) is 4.79 Å². The van der Waals surface area contributed by atoms with Gasteiger partial charge in [0.05, 0.1) is 12.1 Å². The maximum atomic E-state index is 11.3. The van der Waals surface area contributed by atoms with E-state index in [4.69, 9.17) is 4.74 Å². The first-order valence-corrected chi connectivity index (χ1v) is 4.18. The first kappa shape index (κ1) is 7.40. The monoisotopic (exact) mass is 165 g/mol. The molecule has 64 valence electrons. The van der Waals surface area contributed by atoms with Crippen molar-refractivity contribution >= 4 is 5.91 Å². The van der Waals surface area contributed by atoms with Gasteiger partial charge in [-0.25, -0.2) is 0 Å². The van der Waals surface area contributed by atoms with Gasteiger partial charge in [-0.1, -0.05) is 12.2 Å².